The highest BCUT2D eigenvalue weighted by Crippen LogP contribution is 2.53. The predicted octanol–water partition coefficient (Wildman–Crippen LogP) is 3.20. The van der Waals surface area contributed by atoms with E-state index in [4.69, 9.17) is 0 Å². The van der Waals surface area contributed by atoms with Gasteiger partial charge in [0.15, 0.2) is 3.92 Å². The Morgan fingerprint density at radius 1 is 1.23 bits per heavy atom. The lowest BCUT2D eigenvalue weighted by Crippen LogP contribution is -2.05. The molecule has 2 nitrogen and oxygen atoms in total. The summed E-state index contributed by atoms with van der Waals surface area (Å²) in [4.78, 5) is 4.46. The van der Waals surface area contributed by atoms with Gasteiger partial charge in [-0.2, -0.15) is 4.37 Å². The maximum atomic E-state index is 4.46. The van der Waals surface area contributed by atoms with Crippen LogP contribution in [0.4, 0.5) is 0 Å². The summed E-state index contributed by atoms with van der Waals surface area (Å²) < 4.78 is 5.36. The largest absolute Gasteiger partial charge is 0.212 e. The minimum atomic E-state index is 0.697. The molecule has 1 aromatic rings. The first-order chi connectivity index (χ1) is 6.34. The number of halogens is 1. The molecule has 2 saturated carbocycles. The first-order valence-corrected chi connectivity index (χ1v) is 6.40. The molecule has 2 fully saturated rings. The van der Waals surface area contributed by atoms with Crippen molar-refractivity contribution in [1.82, 2.24) is 9.36 Å². The molecule has 0 saturated heterocycles. The fourth-order valence-electron chi connectivity index (χ4n) is 2.07. The molecule has 1 heterocycles. The highest BCUT2D eigenvalue weighted by Gasteiger charge is 2.44. The van der Waals surface area contributed by atoms with Gasteiger partial charge in [-0.25, -0.2) is 4.98 Å². The van der Waals surface area contributed by atoms with E-state index in [1.165, 1.54) is 37.2 Å². The Balaban J connectivity index is 1.86. The van der Waals surface area contributed by atoms with E-state index in [0.29, 0.717) is 5.92 Å². The van der Waals surface area contributed by atoms with Crippen LogP contribution in [0.5, 0.6) is 0 Å². The molecular weight excluding hydrogens is 248 g/mol. The molecule has 2 aliphatic carbocycles. The predicted molar refractivity (Wildman–Crippen MR) is 55.8 cm³/mol. The quantitative estimate of drug-likeness (QED) is 0.833. The molecule has 0 aliphatic heterocycles. The van der Waals surface area contributed by atoms with Crippen LogP contribution < -0.4 is 0 Å². The molecule has 4 heteroatoms. The minimum absolute atomic E-state index is 0.697. The van der Waals surface area contributed by atoms with Crippen LogP contribution in [0.25, 0.3) is 0 Å². The fourth-order valence-corrected chi connectivity index (χ4v) is 2.93. The molecule has 3 rings (SSSR count). The molecule has 0 aromatic carbocycles. The molecule has 0 atom stereocenters. The number of hydrogen-bond acceptors (Lipinski definition) is 3. The summed E-state index contributed by atoms with van der Waals surface area (Å²) in [5, 5.41) is 0. The van der Waals surface area contributed by atoms with Crippen molar-refractivity contribution in [2.24, 2.45) is 11.8 Å². The van der Waals surface area contributed by atoms with E-state index in [9.17, 15) is 0 Å². The van der Waals surface area contributed by atoms with Gasteiger partial charge in [0.25, 0.3) is 0 Å². The Morgan fingerprint density at radius 3 is 2.23 bits per heavy atom. The van der Waals surface area contributed by atoms with Crippen molar-refractivity contribution < 1.29 is 0 Å². The SMILES string of the molecule is Brc1nc(C(C2CC2)C2CC2)ns1. The summed E-state index contributed by atoms with van der Waals surface area (Å²) in [5.41, 5.74) is 0. The maximum Gasteiger partial charge on any atom is 0.179 e. The molecular formula is C9H11BrN2S. The topological polar surface area (TPSA) is 25.8 Å². The van der Waals surface area contributed by atoms with Crippen LogP contribution in [0.15, 0.2) is 3.92 Å². The van der Waals surface area contributed by atoms with E-state index >= 15 is 0 Å². The van der Waals surface area contributed by atoms with Crippen LogP contribution in [0.1, 0.15) is 37.4 Å². The van der Waals surface area contributed by atoms with E-state index in [-0.39, 0.29) is 0 Å². The van der Waals surface area contributed by atoms with Crippen molar-refractivity contribution >= 4 is 27.5 Å². The van der Waals surface area contributed by atoms with Crippen molar-refractivity contribution in [1.29, 1.82) is 0 Å². The normalized spacial score (nSPS) is 22.6. The summed E-state index contributed by atoms with van der Waals surface area (Å²) in [6.45, 7) is 0. The zero-order valence-electron chi connectivity index (χ0n) is 7.24. The molecule has 70 valence electrons. The van der Waals surface area contributed by atoms with Crippen LogP contribution in [0, 0.1) is 11.8 Å². The van der Waals surface area contributed by atoms with Crippen molar-refractivity contribution in [3.63, 3.8) is 0 Å². The average Bonchev–Trinajstić information content (AvgIpc) is 2.95. The Morgan fingerprint density at radius 2 is 1.85 bits per heavy atom. The molecule has 0 amide bonds. The van der Waals surface area contributed by atoms with Crippen LogP contribution in [0.3, 0.4) is 0 Å². The Labute approximate surface area is 90.1 Å². The second-order valence-electron chi connectivity index (χ2n) is 4.11. The van der Waals surface area contributed by atoms with Gasteiger partial charge in [-0.05, 0) is 65.0 Å². The van der Waals surface area contributed by atoms with Crippen LogP contribution >= 0.6 is 27.5 Å². The first kappa shape index (κ1) is 8.36. The molecule has 0 radical (unpaired) electrons. The monoisotopic (exact) mass is 258 g/mol. The third kappa shape index (κ3) is 1.66. The van der Waals surface area contributed by atoms with Crippen molar-refractivity contribution in [2.45, 2.75) is 31.6 Å². The van der Waals surface area contributed by atoms with Crippen LogP contribution in [-0.2, 0) is 0 Å². The highest BCUT2D eigenvalue weighted by molar-refractivity contribution is 9.11. The molecule has 0 spiro atoms. The lowest BCUT2D eigenvalue weighted by Gasteiger charge is -2.09. The van der Waals surface area contributed by atoms with Gasteiger partial charge < -0.3 is 0 Å². The average molecular weight is 259 g/mol. The van der Waals surface area contributed by atoms with Gasteiger partial charge in [-0.3, -0.25) is 0 Å². The summed E-state index contributed by atoms with van der Waals surface area (Å²) in [6.07, 6.45) is 5.60. The second kappa shape index (κ2) is 3.02. The summed E-state index contributed by atoms with van der Waals surface area (Å²) in [5.74, 6) is 3.63. The molecule has 0 unspecified atom stereocenters. The van der Waals surface area contributed by atoms with Gasteiger partial charge in [-0.1, -0.05) is 0 Å². The fraction of sp³-hybridized carbons (Fsp3) is 0.778. The van der Waals surface area contributed by atoms with E-state index in [1.54, 1.807) is 0 Å². The first-order valence-electron chi connectivity index (χ1n) is 4.83. The smallest absolute Gasteiger partial charge is 0.179 e. The van der Waals surface area contributed by atoms with Gasteiger partial charge in [0.1, 0.15) is 5.82 Å². The number of aromatic nitrogens is 2. The third-order valence-electron chi connectivity index (χ3n) is 2.97. The van der Waals surface area contributed by atoms with Crippen molar-refractivity contribution in [2.75, 3.05) is 0 Å². The standard InChI is InChI=1S/C9H11BrN2S/c10-9-11-8(12-13-9)7(5-1-2-5)6-3-4-6/h5-7H,1-4H2. The highest BCUT2D eigenvalue weighted by atomic mass is 79.9. The van der Waals surface area contributed by atoms with Gasteiger partial charge in [0.2, 0.25) is 0 Å². The second-order valence-corrected chi connectivity index (χ2v) is 6.13. The van der Waals surface area contributed by atoms with E-state index in [0.717, 1.165) is 21.6 Å². The zero-order valence-corrected chi connectivity index (χ0v) is 9.64. The number of nitrogens with zero attached hydrogens (tertiary/aromatic N) is 2. The van der Waals surface area contributed by atoms with E-state index < -0.39 is 0 Å². The lowest BCUT2D eigenvalue weighted by molar-refractivity contribution is 0.514. The number of hydrogen-bond donors (Lipinski definition) is 0. The molecule has 2 aliphatic rings. The van der Waals surface area contributed by atoms with E-state index in [1.807, 2.05) is 0 Å². The molecule has 0 N–H and O–H groups in total. The Bertz CT molecular complexity index is 305. The van der Waals surface area contributed by atoms with Gasteiger partial charge >= 0.3 is 0 Å². The minimum Gasteiger partial charge on any atom is -0.212 e. The van der Waals surface area contributed by atoms with Crippen LogP contribution in [0.2, 0.25) is 0 Å². The molecule has 1 aromatic heterocycles. The Kier molecular flexibility index (Phi) is 1.94. The molecule has 13 heavy (non-hydrogen) atoms. The van der Waals surface area contributed by atoms with Crippen molar-refractivity contribution in [3.8, 4) is 0 Å². The van der Waals surface area contributed by atoms with Crippen molar-refractivity contribution in [3.05, 3.63) is 9.74 Å². The summed E-state index contributed by atoms with van der Waals surface area (Å²) in [6, 6.07) is 0. The summed E-state index contributed by atoms with van der Waals surface area (Å²) >= 11 is 4.86. The van der Waals surface area contributed by atoms with Crippen LogP contribution in [-0.4, -0.2) is 9.36 Å². The van der Waals surface area contributed by atoms with E-state index in [2.05, 4.69) is 25.3 Å². The number of rotatable bonds is 3. The lowest BCUT2D eigenvalue weighted by atomic mass is 9.97. The maximum absolute atomic E-state index is 4.46. The summed E-state index contributed by atoms with van der Waals surface area (Å²) in [7, 11) is 0. The Hall–Kier alpha value is 0.0400. The third-order valence-corrected chi connectivity index (χ3v) is 4.11. The van der Waals surface area contributed by atoms with Gasteiger partial charge in [-0.15, -0.1) is 0 Å². The van der Waals surface area contributed by atoms with Gasteiger partial charge in [0.05, 0.1) is 0 Å². The molecule has 0 bridgehead atoms. The zero-order chi connectivity index (χ0) is 8.84. The van der Waals surface area contributed by atoms with Gasteiger partial charge in [0, 0.05) is 5.92 Å².